The van der Waals surface area contributed by atoms with E-state index in [9.17, 15) is 5.11 Å². The van der Waals surface area contributed by atoms with Gasteiger partial charge in [-0.05, 0) is 20.3 Å². The monoisotopic (exact) mass is 152 g/mol. The molecule has 0 saturated carbocycles. The second-order valence-electron chi connectivity index (χ2n) is 3.10. The largest absolute Gasteiger partial charge is 0.385 e. The summed E-state index contributed by atoms with van der Waals surface area (Å²) in [5.41, 5.74) is 2.23. The van der Waals surface area contributed by atoms with Gasteiger partial charge in [-0.15, -0.1) is 0 Å². The third-order valence-corrected chi connectivity index (χ3v) is 2.41. The summed E-state index contributed by atoms with van der Waals surface area (Å²) in [4.78, 5) is 4.28. The molecular formula is C8H12N2O. The molecule has 1 atom stereocenters. The molecule has 2 heterocycles. The van der Waals surface area contributed by atoms with Crippen LogP contribution in [0.2, 0.25) is 0 Å². The number of aliphatic hydroxyl groups excluding tert-OH is 1. The molecule has 11 heavy (non-hydrogen) atoms. The summed E-state index contributed by atoms with van der Waals surface area (Å²) in [6.45, 7) is 4.94. The fraction of sp³-hybridized carbons (Fsp3) is 0.625. The molecule has 0 aliphatic carbocycles. The van der Waals surface area contributed by atoms with Gasteiger partial charge in [0, 0.05) is 12.2 Å². The van der Waals surface area contributed by atoms with Crippen LogP contribution in [0.3, 0.4) is 0 Å². The molecule has 3 nitrogen and oxygen atoms in total. The van der Waals surface area contributed by atoms with Gasteiger partial charge in [-0.1, -0.05) is 0 Å². The maximum atomic E-state index is 9.44. The van der Waals surface area contributed by atoms with Crippen molar-refractivity contribution in [3.63, 3.8) is 0 Å². The van der Waals surface area contributed by atoms with E-state index in [4.69, 9.17) is 0 Å². The molecule has 0 aromatic carbocycles. The van der Waals surface area contributed by atoms with Crippen molar-refractivity contribution in [3.05, 3.63) is 17.2 Å². The minimum Gasteiger partial charge on any atom is -0.385 e. The van der Waals surface area contributed by atoms with Crippen molar-refractivity contribution in [2.75, 3.05) is 0 Å². The van der Waals surface area contributed by atoms with Crippen LogP contribution in [0, 0.1) is 13.8 Å². The molecule has 1 aromatic heterocycles. The summed E-state index contributed by atoms with van der Waals surface area (Å²) in [7, 11) is 0. The Balaban J connectivity index is 2.57. The van der Waals surface area contributed by atoms with Crippen molar-refractivity contribution in [2.24, 2.45) is 0 Å². The van der Waals surface area contributed by atoms with E-state index in [1.807, 2.05) is 13.8 Å². The highest BCUT2D eigenvalue weighted by molar-refractivity contribution is 5.17. The lowest BCUT2D eigenvalue weighted by Gasteiger charge is -1.97. The Hall–Kier alpha value is -0.830. The second kappa shape index (κ2) is 2.08. The molecular weight excluding hydrogens is 140 g/mol. The van der Waals surface area contributed by atoms with Crippen molar-refractivity contribution >= 4 is 0 Å². The van der Waals surface area contributed by atoms with Gasteiger partial charge in [0.25, 0.3) is 0 Å². The molecule has 60 valence electrons. The van der Waals surface area contributed by atoms with Gasteiger partial charge in [0.05, 0.1) is 5.69 Å². The Morgan fingerprint density at radius 2 is 2.27 bits per heavy atom. The SMILES string of the molecule is Cc1nc2n(c1C)CCC2O. The van der Waals surface area contributed by atoms with Gasteiger partial charge in [-0.25, -0.2) is 4.98 Å². The number of fused-ring (bicyclic) bond motifs is 1. The summed E-state index contributed by atoms with van der Waals surface area (Å²) in [6, 6.07) is 0. The molecule has 1 aliphatic heterocycles. The van der Waals surface area contributed by atoms with Gasteiger partial charge in [0.1, 0.15) is 11.9 Å². The average molecular weight is 152 g/mol. The van der Waals surface area contributed by atoms with Crippen LogP contribution < -0.4 is 0 Å². The molecule has 1 N–H and O–H groups in total. The predicted molar refractivity (Wildman–Crippen MR) is 41.3 cm³/mol. The third-order valence-electron chi connectivity index (χ3n) is 2.41. The minimum absolute atomic E-state index is 0.331. The Morgan fingerprint density at radius 3 is 2.91 bits per heavy atom. The van der Waals surface area contributed by atoms with E-state index in [2.05, 4.69) is 9.55 Å². The van der Waals surface area contributed by atoms with Crippen molar-refractivity contribution in [1.82, 2.24) is 9.55 Å². The lowest BCUT2D eigenvalue weighted by Crippen LogP contribution is -1.95. The molecule has 0 radical (unpaired) electrons. The van der Waals surface area contributed by atoms with E-state index in [1.165, 1.54) is 5.69 Å². The Morgan fingerprint density at radius 1 is 1.55 bits per heavy atom. The lowest BCUT2D eigenvalue weighted by atomic mass is 10.3. The van der Waals surface area contributed by atoms with Gasteiger partial charge >= 0.3 is 0 Å². The fourth-order valence-corrected chi connectivity index (χ4v) is 1.60. The van der Waals surface area contributed by atoms with Gasteiger partial charge in [-0.2, -0.15) is 0 Å². The van der Waals surface area contributed by atoms with E-state index in [-0.39, 0.29) is 6.10 Å². The first-order valence-corrected chi connectivity index (χ1v) is 3.92. The van der Waals surface area contributed by atoms with E-state index >= 15 is 0 Å². The van der Waals surface area contributed by atoms with E-state index < -0.39 is 0 Å². The Bertz CT molecular complexity index is 291. The summed E-state index contributed by atoms with van der Waals surface area (Å²) in [6.07, 6.45) is 0.492. The normalized spacial score (nSPS) is 22.3. The second-order valence-corrected chi connectivity index (χ2v) is 3.10. The molecule has 1 aliphatic rings. The number of hydrogen-bond acceptors (Lipinski definition) is 2. The van der Waals surface area contributed by atoms with E-state index in [0.717, 1.165) is 24.5 Å². The first kappa shape index (κ1) is 6.85. The maximum absolute atomic E-state index is 9.44. The van der Waals surface area contributed by atoms with Crippen molar-refractivity contribution in [1.29, 1.82) is 0 Å². The van der Waals surface area contributed by atoms with Gasteiger partial charge < -0.3 is 9.67 Å². The summed E-state index contributed by atoms with van der Waals surface area (Å²) in [5.74, 6) is 0.847. The number of aliphatic hydroxyl groups is 1. The van der Waals surface area contributed by atoms with Crippen molar-refractivity contribution in [2.45, 2.75) is 32.9 Å². The molecule has 0 bridgehead atoms. The number of imidazole rings is 1. The van der Waals surface area contributed by atoms with Gasteiger partial charge in [0.15, 0.2) is 0 Å². The van der Waals surface area contributed by atoms with Crippen LogP contribution in [0.15, 0.2) is 0 Å². The van der Waals surface area contributed by atoms with Crippen LogP contribution in [-0.2, 0) is 6.54 Å². The molecule has 0 amide bonds. The van der Waals surface area contributed by atoms with Crippen LogP contribution in [0.5, 0.6) is 0 Å². The summed E-state index contributed by atoms with van der Waals surface area (Å²) >= 11 is 0. The zero-order valence-corrected chi connectivity index (χ0v) is 6.83. The highest BCUT2D eigenvalue weighted by atomic mass is 16.3. The molecule has 0 spiro atoms. The van der Waals surface area contributed by atoms with Gasteiger partial charge in [-0.3, -0.25) is 0 Å². The van der Waals surface area contributed by atoms with Crippen molar-refractivity contribution < 1.29 is 5.11 Å². The number of nitrogens with zero attached hydrogens (tertiary/aromatic N) is 2. The smallest absolute Gasteiger partial charge is 0.138 e. The summed E-state index contributed by atoms with van der Waals surface area (Å²) in [5, 5.41) is 9.44. The van der Waals surface area contributed by atoms with Crippen molar-refractivity contribution in [3.8, 4) is 0 Å². The summed E-state index contributed by atoms with van der Waals surface area (Å²) < 4.78 is 2.10. The first-order chi connectivity index (χ1) is 5.20. The highest BCUT2D eigenvalue weighted by Crippen LogP contribution is 2.26. The van der Waals surface area contributed by atoms with E-state index in [0.29, 0.717) is 0 Å². The maximum Gasteiger partial charge on any atom is 0.138 e. The number of aromatic nitrogens is 2. The molecule has 3 heteroatoms. The number of hydrogen-bond donors (Lipinski definition) is 1. The molecule has 0 fully saturated rings. The zero-order chi connectivity index (χ0) is 8.01. The first-order valence-electron chi connectivity index (χ1n) is 3.92. The molecule has 0 saturated heterocycles. The van der Waals surface area contributed by atoms with Crippen LogP contribution in [0.25, 0.3) is 0 Å². The van der Waals surface area contributed by atoms with Crippen LogP contribution >= 0.6 is 0 Å². The number of aryl methyl sites for hydroxylation is 1. The van der Waals surface area contributed by atoms with E-state index in [1.54, 1.807) is 0 Å². The fourth-order valence-electron chi connectivity index (χ4n) is 1.60. The quantitative estimate of drug-likeness (QED) is 0.600. The van der Waals surface area contributed by atoms with Crippen LogP contribution in [0.1, 0.15) is 29.7 Å². The Labute approximate surface area is 65.7 Å². The van der Waals surface area contributed by atoms with Crippen LogP contribution in [0.4, 0.5) is 0 Å². The highest BCUT2D eigenvalue weighted by Gasteiger charge is 2.24. The third kappa shape index (κ3) is 0.807. The molecule has 1 aromatic rings. The predicted octanol–water partition coefficient (Wildman–Crippen LogP) is 0.937. The number of rotatable bonds is 0. The lowest BCUT2D eigenvalue weighted by molar-refractivity contribution is 0.175. The average Bonchev–Trinajstić information content (AvgIpc) is 2.43. The Kier molecular flexibility index (Phi) is 1.29. The van der Waals surface area contributed by atoms with Gasteiger partial charge in [0.2, 0.25) is 0 Å². The zero-order valence-electron chi connectivity index (χ0n) is 6.83. The molecule has 2 rings (SSSR count). The molecule has 1 unspecified atom stereocenters. The standard InChI is InChI=1S/C8H12N2O/c1-5-6(2)10-4-3-7(11)8(10)9-5/h7,11H,3-4H2,1-2H3. The van der Waals surface area contributed by atoms with Crippen LogP contribution in [-0.4, -0.2) is 14.7 Å². The minimum atomic E-state index is -0.331. The topological polar surface area (TPSA) is 38.0 Å².